The lowest BCUT2D eigenvalue weighted by Crippen LogP contribution is -2.01. The van der Waals surface area contributed by atoms with Crippen LogP contribution in [-0.2, 0) is 6.54 Å². The predicted octanol–water partition coefficient (Wildman–Crippen LogP) is 3.10. The highest BCUT2D eigenvalue weighted by Crippen LogP contribution is 2.23. The fraction of sp³-hybridized carbons (Fsp3) is 0.125. The van der Waals surface area contributed by atoms with Gasteiger partial charge in [0.1, 0.15) is 17.1 Å². The number of H-pyrrole nitrogens is 1. The average Bonchev–Trinajstić information content (AvgIpc) is 2.98. The number of nitrogens with zero attached hydrogens (tertiary/aromatic N) is 2. The third-order valence-electron chi connectivity index (χ3n) is 3.34. The molecule has 5 nitrogen and oxygen atoms in total. The largest absolute Gasteiger partial charge is 0.508 e. The number of aryl methyl sites for hydroxylation is 1. The minimum atomic E-state index is 0.281. The van der Waals surface area contributed by atoms with Crippen molar-refractivity contribution in [3.63, 3.8) is 0 Å². The van der Waals surface area contributed by atoms with Crippen LogP contribution in [0.5, 0.6) is 5.75 Å². The molecular formula is C16H16N4O. The fourth-order valence-electron chi connectivity index (χ4n) is 2.11. The first-order valence-corrected chi connectivity index (χ1v) is 6.72. The number of nitrogens with one attached hydrogen (secondary N) is 2. The van der Waals surface area contributed by atoms with Crippen LogP contribution < -0.4 is 5.32 Å². The predicted molar refractivity (Wildman–Crippen MR) is 82.0 cm³/mol. The summed E-state index contributed by atoms with van der Waals surface area (Å²) in [7, 11) is 0. The van der Waals surface area contributed by atoms with Gasteiger partial charge in [-0.15, -0.1) is 0 Å². The van der Waals surface area contributed by atoms with E-state index in [0.717, 1.165) is 28.2 Å². The van der Waals surface area contributed by atoms with Gasteiger partial charge in [-0.2, -0.15) is 15.4 Å². The average molecular weight is 280 g/mol. The van der Waals surface area contributed by atoms with Crippen molar-refractivity contribution in [3.05, 3.63) is 59.8 Å². The topological polar surface area (TPSA) is 73.8 Å². The SMILES string of the molecule is Cc1ccc(NCc2n[nH]nc2-c2ccccc2)cc1O. The number of phenols is 1. The molecule has 0 atom stereocenters. The Hall–Kier alpha value is -2.82. The second-order valence-corrected chi connectivity index (χ2v) is 4.84. The second-order valence-electron chi connectivity index (χ2n) is 4.84. The zero-order valence-corrected chi connectivity index (χ0v) is 11.7. The molecule has 0 aliphatic carbocycles. The highest BCUT2D eigenvalue weighted by molar-refractivity contribution is 5.61. The number of benzene rings is 2. The summed E-state index contributed by atoms with van der Waals surface area (Å²) < 4.78 is 0. The first kappa shape index (κ1) is 13.2. The lowest BCUT2D eigenvalue weighted by atomic mass is 10.1. The van der Waals surface area contributed by atoms with Gasteiger partial charge in [0.2, 0.25) is 0 Å². The standard InChI is InChI=1S/C16H16N4O/c1-11-7-8-13(9-15(11)21)17-10-14-16(19-20-18-14)12-5-3-2-4-6-12/h2-9,17,21H,10H2,1H3,(H,18,19,20). The van der Waals surface area contributed by atoms with Crippen molar-refractivity contribution >= 4 is 5.69 Å². The third kappa shape index (κ3) is 2.86. The summed E-state index contributed by atoms with van der Waals surface area (Å²) >= 11 is 0. The smallest absolute Gasteiger partial charge is 0.120 e. The summed E-state index contributed by atoms with van der Waals surface area (Å²) in [6.45, 7) is 2.40. The van der Waals surface area contributed by atoms with E-state index >= 15 is 0 Å². The third-order valence-corrected chi connectivity index (χ3v) is 3.34. The molecule has 106 valence electrons. The molecule has 0 aliphatic heterocycles. The van der Waals surface area contributed by atoms with Gasteiger partial charge in [0.25, 0.3) is 0 Å². The van der Waals surface area contributed by atoms with E-state index in [1.807, 2.05) is 49.4 Å². The minimum Gasteiger partial charge on any atom is -0.508 e. The van der Waals surface area contributed by atoms with Crippen molar-refractivity contribution in [1.82, 2.24) is 15.4 Å². The van der Waals surface area contributed by atoms with Crippen LogP contribution in [0.3, 0.4) is 0 Å². The summed E-state index contributed by atoms with van der Waals surface area (Å²) in [4.78, 5) is 0. The Kier molecular flexibility index (Phi) is 3.55. The van der Waals surface area contributed by atoms with Crippen LogP contribution in [0.15, 0.2) is 48.5 Å². The number of phenolic OH excluding ortho intramolecular Hbond substituents is 1. The number of hydrogen-bond acceptors (Lipinski definition) is 4. The Bertz CT molecular complexity index is 737. The van der Waals surface area contributed by atoms with Crippen molar-refractivity contribution in [3.8, 4) is 17.0 Å². The molecular weight excluding hydrogens is 264 g/mol. The molecule has 21 heavy (non-hydrogen) atoms. The first-order chi connectivity index (χ1) is 10.2. The van der Waals surface area contributed by atoms with Gasteiger partial charge >= 0.3 is 0 Å². The van der Waals surface area contributed by atoms with Crippen LogP contribution in [0.4, 0.5) is 5.69 Å². The van der Waals surface area contributed by atoms with Gasteiger partial charge in [0.05, 0.1) is 6.54 Å². The molecule has 3 rings (SSSR count). The Labute approximate surface area is 122 Å². The Morgan fingerprint density at radius 2 is 1.90 bits per heavy atom. The van der Waals surface area contributed by atoms with Crippen LogP contribution in [0.2, 0.25) is 0 Å². The number of anilines is 1. The molecule has 0 fully saturated rings. The van der Waals surface area contributed by atoms with Crippen LogP contribution in [0.25, 0.3) is 11.3 Å². The lowest BCUT2D eigenvalue weighted by molar-refractivity contribution is 0.471. The molecule has 0 amide bonds. The Morgan fingerprint density at radius 1 is 1.10 bits per heavy atom. The van der Waals surface area contributed by atoms with E-state index in [0.29, 0.717) is 6.54 Å². The zero-order chi connectivity index (χ0) is 14.7. The van der Waals surface area contributed by atoms with Crippen LogP contribution in [0, 0.1) is 6.92 Å². The van der Waals surface area contributed by atoms with E-state index in [9.17, 15) is 5.11 Å². The molecule has 1 heterocycles. The number of aromatic hydroxyl groups is 1. The van der Waals surface area contributed by atoms with Crippen molar-refractivity contribution < 1.29 is 5.11 Å². The molecule has 0 radical (unpaired) electrons. The van der Waals surface area contributed by atoms with Crippen LogP contribution in [-0.4, -0.2) is 20.5 Å². The highest BCUT2D eigenvalue weighted by Gasteiger charge is 2.09. The summed E-state index contributed by atoms with van der Waals surface area (Å²) in [5, 5.41) is 24.0. The van der Waals surface area contributed by atoms with Gasteiger partial charge in [-0.1, -0.05) is 36.4 Å². The molecule has 0 spiro atoms. The zero-order valence-electron chi connectivity index (χ0n) is 11.7. The van der Waals surface area contributed by atoms with E-state index < -0.39 is 0 Å². The highest BCUT2D eigenvalue weighted by atomic mass is 16.3. The Morgan fingerprint density at radius 3 is 2.67 bits per heavy atom. The van der Waals surface area contributed by atoms with Crippen molar-refractivity contribution in [2.75, 3.05) is 5.32 Å². The monoisotopic (exact) mass is 280 g/mol. The summed E-state index contributed by atoms with van der Waals surface area (Å²) in [6, 6.07) is 15.4. The molecule has 3 N–H and O–H groups in total. The molecule has 0 saturated heterocycles. The molecule has 0 aliphatic rings. The maximum atomic E-state index is 9.72. The van der Waals surface area contributed by atoms with Gasteiger partial charge in [-0.25, -0.2) is 0 Å². The normalized spacial score (nSPS) is 10.5. The maximum Gasteiger partial charge on any atom is 0.120 e. The summed E-state index contributed by atoms with van der Waals surface area (Å²) in [5.41, 5.74) is 4.39. The Balaban J connectivity index is 1.77. The fourth-order valence-corrected chi connectivity index (χ4v) is 2.11. The number of rotatable bonds is 4. The van der Waals surface area contributed by atoms with Crippen LogP contribution in [0.1, 0.15) is 11.3 Å². The van der Waals surface area contributed by atoms with E-state index in [1.54, 1.807) is 6.07 Å². The molecule has 0 bridgehead atoms. The van der Waals surface area contributed by atoms with Gasteiger partial charge in [0.15, 0.2) is 0 Å². The number of aromatic amines is 1. The summed E-state index contributed by atoms with van der Waals surface area (Å²) in [5.74, 6) is 0.281. The van der Waals surface area contributed by atoms with Gasteiger partial charge < -0.3 is 10.4 Å². The maximum absolute atomic E-state index is 9.72. The van der Waals surface area contributed by atoms with E-state index in [1.165, 1.54) is 0 Å². The molecule has 3 aromatic rings. The first-order valence-electron chi connectivity index (χ1n) is 6.72. The quantitative estimate of drug-likeness (QED) is 0.686. The second kappa shape index (κ2) is 5.66. The molecule has 1 aromatic heterocycles. The van der Waals surface area contributed by atoms with Crippen molar-refractivity contribution in [1.29, 1.82) is 0 Å². The molecule has 0 saturated carbocycles. The van der Waals surface area contributed by atoms with Gasteiger partial charge in [-0.05, 0) is 18.6 Å². The van der Waals surface area contributed by atoms with E-state index in [-0.39, 0.29) is 5.75 Å². The molecule has 0 unspecified atom stereocenters. The summed E-state index contributed by atoms with van der Waals surface area (Å²) in [6.07, 6.45) is 0. The lowest BCUT2D eigenvalue weighted by Gasteiger charge is -2.07. The van der Waals surface area contributed by atoms with Crippen LogP contribution >= 0.6 is 0 Å². The van der Waals surface area contributed by atoms with Crippen molar-refractivity contribution in [2.45, 2.75) is 13.5 Å². The van der Waals surface area contributed by atoms with Gasteiger partial charge in [-0.3, -0.25) is 0 Å². The van der Waals surface area contributed by atoms with E-state index in [4.69, 9.17) is 0 Å². The van der Waals surface area contributed by atoms with Crippen molar-refractivity contribution in [2.24, 2.45) is 0 Å². The number of hydrogen-bond donors (Lipinski definition) is 3. The minimum absolute atomic E-state index is 0.281. The number of aromatic nitrogens is 3. The molecule has 5 heteroatoms. The van der Waals surface area contributed by atoms with E-state index in [2.05, 4.69) is 20.7 Å². The molecule has 2 aromatic carbocycles. The van der Waals surface area contributed by atoms with Gasteiger partial charge in [0, 0.05) is 17.3 Å².